The number of carbonyl (C=O) groups excluding carboxylic acids is 1. The molecule has 4 heteroatoms. The van der Waals surface area contributed by atoms with Gasteiger partial charge in [-0.2, -0.15) is 0 Å². The Morgan fingerprint density at radius 1 is 0.968 bits per heavy atom. The topological polar surface area (TPSA) is 49.3 Å². The molecule has 0 aromatic rings. The molecule has 3 saturated carbocycles. The van der Waals surface area contributed by atoms with Gasteiger partial charge in [0, 0.05) is 12.0 Å². The quantitative estimate of drug-likeness (QED) is 0.480. The molecule has 1 amide bonds. The average molecular weight is 438 g/mol. The van der Waals surface area contributed by atoms with Gasteiger partial charge < -0.3 is 10.4 Å². The summed E-state index contributed by atoms with van der Waals surface area (Å²) in [5.41, 5.74) is -1.88. The summed E-state index contributed by atoms with van der Waals surface area (Å²) in [6.45, 7) is 14.0. The van der Waals surface area contributed by atoms with Crippen molar-refractivity contribution in [1.82, 2.24) is 5.32 Å². The fourth-order valence-corrected chi connectivity index (χ4v) is 8.01. The molecule has 0 aliphatic heterocycles. The summed E-state index contributed by atoms with van der Waals surface area (Å²) in [6.07, 6.45) is 8.29. The Morgan fingerprint density at radius 3 is 2.35 bits per heavy atom. The van der Waals surface area contributed by atoms with Crippen molar-refractivity contribution in [2.45, 2.75) is 118 Å². The molecule has 0 spiro atoms. The van der Waals surface area contributed by atoms with E-state index in [2.05, 4.69) is 46.9 Å². The second kappa shape index (κ2) is 9.31. The van der Waals surface area contributed by atoms with Gasteiger partial charge in [-0.05, 0) is 80.0 Å². The molecule has 2 bridgehead atoms. The molecule has 3 fully saturated rings. The molecule has 0 aromatic carbocycles. The molecular weight excluding hydrogens is 389 g/mol. The van der Waals surface area contributed by atoms with Gasteiger partial charge in [-0.1, -0.05) is 60.8 Å². The molecule has 3 nitrogen and oxygen atoms in total. The molecule has 31 heavy (non-hydrogen) atoms. The van der Waals surface area contributed by atoms with Crippen LogP contribution in [0.15, 0.2) is 0 Å². The molecule has 3 aliphatic rings. The highest BCUT2D eigenvalue weighted by atomic mass is 19.1. The minimum Gasteiger partial charge on any atom is -0.379 e. The first-order valence-electron chi connectivity index (χ1n) is 13.1. The SMILES string of the molecule is CCCCCCNC(=O)C1(O)CC[C@@H](C)[C@H]2C[C@@H]3C(F)C[C@@H](C)[C@H](CC[C@@]21C)C3(C)C. The summed E-state index contributed by atoms with van der Waals surface area (Å²) in [5, 5.41) is 15.0. The summed E-state index contributed by atoms with van der Waals surface area (Å²) in [6, 6.07) is 0. The minimum atomic E-state index is -1.35. The molecular formula is C27H48FNO2. The Hall–Kier alpha value is -0.640. The van der Waals surface area contributed by atoms with Gasteiger partial charge in [-0.15, -0.1) is 0 Å². The molecule has 3 aliphatic carbocycles. The zero-order chi connectivity index (χ0) is 23.0. The van der Waals surface area contributed by atoms with Crippen molar-refractivity contribution in [1.29, 1.82) is 0 Å². The van der Waals surface area contributed by atoms with E-state index < -0.39 is 17.2 Å². The zero-order valence-corrected chi connectivity index (χ0v) is 21.0. The molecule has 180 valence electrons. The van der Waals surface area contributed by atoms with E-state index in [9.17, 15) is 9.90 Å². The van der Waals surface area contributed by atoms with E-state index in [1.54, 1.807) is 0 Å². The van der Waals surface area contributed by atoms with Gasteiger partial charge in [0.25, 0.3) is 5.91 Å². The molecule has 0 saturated heterocycles. The van der Waals surface area contributed by atoms with Gasteiger partial charge in [0.15, 0.2) is 0 Å². The monoisotopic (exact) mass is 437 g/mol. The lowest BCUT2D eigenvalue weighted by Gasteiger charge is -2.61. The van der Waals surface area contributed by atoms with E-state index in [-0.39, 0.29) is 23.2 Å². The van der Waals surface area contributed by atoms with E-state index in [1.165, 1.54) is 12.8 Å². The third kappa shape index (κ3) is 4.32. The Bertz CT molecular complexity index is 637. The van der Waals surface area contributed by atoms with Crippen LogP contribution >= 0.6 is 0 Å². The van der Waals surface area contributed by atoms with E-state index in [1.807, 2.05) is 0 Å². The highest BCUT2D eigenvalue weighted by Crippen LogP contribution is 2.63. The Kier molecular flexibility index (Phi) is 7.51. The standard InChI is InChI=1S/C27H48FNO2/c1-7-8-9-10-15-29-24(30)27(31)14-11-18(2)21-17-22-23(28)16-19(3)20(25(22,4)5)12-13-26(21,27)6/h18-23,31H,7-17H2,1-6H3,(H,29,30)/t18-,19-,20+,21-,22-,23?,26+,27?/m1/s1. The first-order chi connectivity index (χ1) is 14.5. The van der Waals surface area contributed by atoms with E-state index in [4.69, 9.17) is 0 Å². The van der Waals surface area contributed by atoms with Crippen LogP contribution in [0.4, 0.5) is 4.39 Å². The molecule has 2 N–H and O–H groups in total. The highest BCUT2D eigenvalue weighted by molar-refractivity contribution is 5.86. The molecule has 0 radical (unpaired) electrons. The van der Waals surface area contributed by atoms with Crippen LogP contribution in [0.5, 0.6) is 0 Å². The van der Waals surface area contributed by atoms with E-state index in [0.717, 1.165) is 38.5 Å². The van der Waals surface area contributed by atoms with Gasteiger partial charge in [-0.25, -0.2) is 4.39 Å². The van der Waals surface area contributed by atoms with Crippen molar-refractivity contribution < 1.29 is 14.3 Å². The number of aliphatic hydroxyl groups is 1. The summed E-state index contributed by atoms with van der Waals surface area (Å²) >= 11 is 0. The molecule has 2 unspecified atom stereocenters. The zero-order valence-electron chi connectivity index (χ0n) is 21.0. The summed E-state index contributed by atoms with van der Waals surface area (Å²) in [4.78, 5) is 13.4. The maximum atomic E-state index is 15.4. The normalized spacial score (nSPS) is 44.6. The first-order valence-corrected chi connectivity index (χ1v) is 13.1. The number of alkyl halides is 1. The number of nitrogens with one attached hydrogen (secondary N) is 1. The van der Waals surface area contributed by atoms with E-state index >= 15 is 4.39 Å². The van der Waals surface area contributed by atoms with Gasteiger partial charge in [0.1, 0.15) is 11.8 Å². The smallest absolute Gasteiger partial charge is 0.252 e. The summed E-state index contributed by atoms with van der Waals surface area (Å²) in [5.74, 6) is 1.21. The van der Waals surface area contributed by atoms with Crippen molar-refractivity contribution in [3.05, 3.63) is 0 Å². The number of carbonyl (C=O) groups is 1. The van der Waals surface area contributed by atoms with Crippen LogP contribution in [0.25, 0.3) is 0 Å². The van der Waals surface area contributed by atoms with Crippen LogP contribution < -0.4 is 5.32 Å². The molecule has 8 atom stereocenters. The number of hydrogen-bond donors (Lipinski definition) is 2. The maximum absolute atomic E-state index is 15.4. The number of amides is 1. The lowest BCUT2D eigenvalue weighted by Crippen LogP contribution is -2.65. The van der Waals surface area contributed by atoms with E-state index in [0.29, 0.717) is 37.1 Å². The Morgan fingerprint density at radius 2 is 1.68 bits per heavy atom. The Balaban J connectivity index is 1.87. The Labute approximate surface area is 190 Å². The third-order valence-electron chi connectivity index (χ3n) is 10.2. The predicted octanol–water partition coefficient (Wildman–Crippen LogP) is 6.29. The molecule has 3 rings (SSSR count). The summed E-state index contributed by atoms with van der Waals surface area (Å²) < 4.78 is 15.4. The molecule has 0 aromatic heterocycles. The van der Waals surface area contributed by atoms with Crippen molar-refractivity contribution >= 4 is 5.91 Å². The number of hydrogen-bond acceptors (Lipinski definition) is 2. The third-order valence-corrected chi connectivity index (χ3v) is 10.2. The lowest BCUT2D eigenvalue weighted by atomic mass is 9.45. The summed E-state index contributed by atoms with van der Waals surface area (Å²) in [7, 11) is 0. The number of halogens is 1. The number of rotatable bonds is 6. The van der Waals surface area contributed by atoms with Gasteiger partial charge >= 0.3 is 0 Å². The second-order valence-corrected chi connectivity index (χ2v) is 12.3. The van der Waals surface area contributed by atoms with Gasteiger partial charge in [-0.3, -0.25) is 4.79 Å². The van der Waals surface area contributed by atoms with Crippen LogP contribution in [-0.2, 0) is 4.79 Å². The fourth-order valence-electron chi connectivity index (χ4n) is 8.01. The number of unbranched alkanes of at least 4 members (excludes halogenated alkanes) is 3. The van der Waals surface area contributed by atoms with Crippen molar-refractivity contribution in [2.75, 3.05) is 6.54 Å². The van der Waals surface area contributed by atoms with Crippen LogP contribution in [0, 0.1) is 40.4 Å². The highest BCUT2D eigenvalue weighted by Gasteiger charge is 2.63. The largest absolute Gasteiger partial charge is 0.379 e. The second-order valence-electron chi connectivity index (χ2n) is 12.3. The van der Waals surface area contributed by atoms with Crippen LogP contribution in [-0.4, -0.2) is 29.3 Å². The average Bonchev–Trinajstić information content (AvgIpc) is 2.68. The fraction of sp³-hybridized carbons (Fsp3) is 0.963. The lowest BCUT2D eigenvalue weighted by molar-refractivity contribution is -0.195. The minimum absolute atomic E-state index is 0.0141. The first kappa shape index (κ1) is 25.0. The number of fused-ring (bicyclic) bond motifs is 3. The molecule has 0 heterocycles. The van der Waals surface area contributed by atoms with Crippen LogP contribution in [0.1, 0.15) is 106 Å². The van der Waals surface area contributed by atoms with Crippen LogP contribution in [0.3, 0.4) is 0 Å². The van der Waals surface area contributed by atoms with Crippen molar-refractivity contribution in [3.8, 4) is 0 Å². The van der Waals surface area contributed by atoms with Crippen molar-refractivity contribution in [3.63, 3.8) is 0 Å². The van der Waals surface area contributed by atoms with Gasteiger partial charge in [0.2, 0.25) is 0 Å². The van der Waals surface area contributed by atoms with Gasteiger partial charge in [0.05, 0.1) is 0 Å². The maximum Gasteiger partial charge on any atom is 0.252 e. The van der Waals surface area contributed by atoms with Crippen LogP contribution in [0.2, 0.25) is 0 Å². The predicted molar refractivity (Wildman–Crippen MR) is 125 cm³/mol. The van der Waals surface area contributed by atoms with Crippen molar-refractivity contribution in [2.24, 2.45) is 40.4 Å².